The number of hydrogen-bond donors (Lipinski definition) is 2. The van der Waals surface area contributed by atoms with Crippen LogP contribution in [0, 0.1) is 15.9 Å². The molecule has 0 aliphatic heterocycles. The average Bonchev–Trinajstić information content (AvgIpc) is 2.82. The number of nitro groups is 1. The number of nitrogens with one attached hydrogen (secondary N) is 2. The molecule has 0 fully saturated rings. The van der Waals surface area contributed by atoms with Crippen molar-refractivity contribution >= 4 is 27.3 Å². The quantitative estimate of drug-likeness (QED) is 0.238. The topological polar surface area (TPSA) is 128 Å². The van der Waals surface area contributed by atoms with Crippen molar-refractivity contribution in [1.82, 2.24) is 5.32 Å². The van der Waals surface area contributed by atoms with Gasteiger partial charge in [0.2, 0.25) is 0 Å². The van der Waals surface area contributed by atoms with Crippen LogP contribution in [0.5, 0.6) is 5.75 Å². The number of sulfonamides is 1. The van der Waals surface area contributed by atoms with Crippen LogP contribution in [0.4, 0.5) is 15.8 Å². The van der Waals surface area contributed by atoms with Crippen LogP contribution in [0.25, 0.3) is 0 Å². The number of carbonyl (C=O) groups is 1. The zero-order valence-corrected chi connectivity index (χ0v) is 18.8. The van der Waals surface area contributed by atoms with Crippen molar-refractivity contribution in [2.75, 3.05) is 17.9 Å². The van der Waals surface area contributed by atoms with Crippen molar-refractivity contribution in [1.29, 1.82) is 0 Å². The number of nitrogens with zero attached hydrogens (tertiary/aromatic N) is 1. The SMILES string of the molecule is O=C(NCCCCOc1ccc(F)cc1)c1ccc(NS(=O)(=O)c2cccc([N+](=O)[O-])c2)cc1. The summed E-state index contributed by atoms with van der Waals surface area (Å²) in [5.74, 6) is -0.0674. The molecule has 0 saturated carbocycles. The van der Waals surface area contributed by atoms with E-state index in [2.05, 4.69) is 10.0 Å². The molecule has 2 N–H and O–H groups in total. The molecule has 34 heavy (non-hydrogen) atoms. The second kappa shape index (κ2) is 11.2. The highest BCUT2D eigenvalue weighted by atomic mass is 32.2. The van der Waals surface area contributed by atoms with Gasteiger partial charge in [0.25, 0.3) is 21.6 Å². The van der Waals surface area contributed by atoms with E-state index in [0.717, 1.165) is 6.07 Å². The molecule has 9 nitrogen and oxygen atoms in total. The van der Waals surface area contributed by atoms with E-state index in [-0.39, 0.29) is 28.0 Å². The molecule has 0 unspecified atom stereocenters. The highest BCUT2D eigenvalue weighted by Crippen LogP contribution is 2.21. The largest absolute Gasteiger partial charge is 0.494 e. The van der Waals surface area contributed by atoms with Crippen molar-refractivity contribution in [2.45, 2.75) is 17.7 Å². The number of halogens is 1. The fourth-order valence-electron chi connectivity index (χ4n) is 2.92. The third-order valence-corrected chi connectivity index (χ3v) is 6.06. The van der Waals surface area contributed by atoms with Gasteiger partial charge in [-0.25, -0.2) is 12.8 Å². The number of carbonyl (C=O) groups excluding carboxylic acids is 1. The number of benzene rings is 3. The molecule has 3 aromatic carbocycles. The number of unbranched alkanes of at least 4 members (excludes halogenated alkanes) is 1. The molecule has 0 aliphatic rings. The summed E-state index contributed by atoms with van der Waals surface area (Å²) in [7, 11) is -4.03. The molecule has 1 amide bonds. The maximum Gasteiger partial charge on any atom is 0.270 e. The Hall–Kier alpha value is -3.99. The van der Waals surface area contributed by atoms with Gasteiger partial charge in [0.1, 0.15) is 11.6 Å². The van der Waals surface area contributed by atoms with Crippen LogP contribution in [-0.2, 0) is 10.0 Å². The molecular weight excluding hydrogens is 465 g/mol. The first kappa shape index (κ1) is 24.6. The van der Waals surface area contributed by atoms with Gasteiger partial charge < -0.3 is 10.1 Å². The highest BCUT2D eigenvalue weighted by Gasteiger charge is 2.18. The number of nitro benzene ring substituents is 1. The van der Waals surface area contributed by atoms with Gasteiger partial charge in [0.05, 0.1) is 16.4 Å². The number of ether oxygens (including phenoxy) is 1. The molecule has 0 saturated heterocycles. The van der Waals surface area contributed by atoms with Crippen molar-refractivity contribution in [3.63, 3.8) is 0 Å². The van der Waals surface area contributed by atoms with E-state index in [1.165, 1.54) is 54.6 Å². The Morgan fingerprint density at radius 1 is 1.00 bits per heavy atom. The van der Waals surface area contributed by atoms with Gasteiger partial charge in [0, 0.05) is 29.9 Å². The van der Waals surface area contributed by atoms with Gasteiger partial charge in [-0.2, -0.15) is 0 Å². The summed E-state index contributed by atoms with van der Waals surface area (Å²) >= 11 is 0. The van der Waals surface area contributed by atoms with E-state index in [4.69, 9.17) is 4.74 Å². The Bertz CT molecular complexity index is 1250. The molecule has 0 heterocycles. The summed E-state index contributed by atoms with van der Waals surface area (Å²) < 4.78 is 45.6. The maximum absolute atomic E-state index is 12.8. The zero-order chi connectivity index (χ0) is 24.6. The lowest BCUT2D eigenvalue weighted by Crippen LogP contribution is -2.24. The van der Waals surface area contributed by atoms with Gasteiger partial charge in [-0.3, -0.25) is 19.6 Å². The lowest BCUT2D eigenvalue weighted by molar-refractivity contribution is -0.385. The summed E-state index contributed by atoms with van der Waals surface area (Å²) in [4.78, 5) is 22.2. The molecular formula is C23H22FN3O6S. The van der Waals surface area contributed by atoms with Crippen molar-refractivity contribution in [2.24, 2.45) is 0 Å². The fraction of sp³-hybridized carbons (Fsp3) is 0.174. The summed E-state index contributed by atoms with van der Waals surface area (Å²) in [5, 5.41) is 13.6. The van der Waals surface area contributed by atoms with Crippen molar-refractivity contribution < 1.29 is 27.3 Å². The van der Waals surface area contributed by atoms with Gasteiger partial charge >= 0.3 is 0 Å². The molecule has 0 radical (unpaired) electrons. The number of amides is 1. The minimum atomic E-state index is -4.03. The molecule has 3 aromatic rings. The Morgan fingerprint density at radius 3 is 2.38 bits per heavy atom. The number of non-ortho nitro benzene ring substituents is 1. The summed E-state index contributed by atoms with van der Waals surface area (Å²) in [6, 6.07) is 16.2. The van der Waals surface area contributed by atoms with Crippen LogP contribution in [-0.4, -0.2) is 32.4 Å². The lowest BCUT2D eigenvalue weighted by atomic mass is 10.2. The predicted molar refractivity (Wildman–Crippen MR) is 124 cm³/mol. The van der Waals surface area contributed by atoms with E-state index in [9.17, 15) is 27.7 Å². The van der Waals surface area contributed by atoms with Gasteiger partial charge in [-0.15, -0.1) is 0 Å². The Balaban J connectivity index is 1.45. The first-order chi connectivity index (χ1) is 16.2. The van der Waals surface area contributed by atoms with E-state index < -0.39 is 14.9 Å². The number of anilines is 1. The van der Waals surface area contributed by atoms with Gasteiger partial charge in [-0.1, -0.05) is 6.07 Å². The summed E-state index contributed by atoms with van der Waals surface area (Å²) in [5.41, 5.74) is 0.221. The zero-order valence-electron chi connectivity index (χ0n) is 17.9. The van der Waals surface area contributed by atoms with Crippen LogP contribution in [0.15, 0.2) is 77.7 Å². The second-order valence-electron chi connectivity index (χ2n) is 7.20. The van der Waals surface area contributed by atoms with E-state index in [0.29, 0.717) is 37.3 Å². The van der Waals surface area contributed by atoms with Crippen LogP contribution >= 0.6 is 0 Å². The van der Waals surface area contributed by atoms with Crippen LogP contribution in [0.2, 0.25) is 0 Å². The molecule has 0 spiro atoms. The summed E-state index contributed by atoms with van der Waals surface area (Å²) in [6.45, 7) is 0.855. The number of hydrogen-bond acceptors (Lipinski definition) is 6. The average molecular weight is 488 g/mol. The molecule has 11 heteroatoms. The number of rotatable bonds is 11. The third-order valence-electron chi connectivity index (χ3n) is 4.68. The van der Waals surface area contributed by atoms with Crippen molar-refractivity contribution in [3.05, 3.63) is 94.3 Å². The van der Waals surface area contributed by atoms with Gasteiger partial charge in [0.15, 0.2) is 0 Å². The Labute approximate surface area is 195 Å². The highest BCUT2D eigenvalue weighted by molar-refractivity contribution is 7.92. The van der Waals surface area contributed by atoms with Crippen LogP contribution in [0.3, 0.4) is 0 Å². The predicted octanol–water partition coefficient (Wildman–Crippen LogP) is 4.12. The first-order valence-electron chi connectivity index (χ1n) is 10.3. The molecule has 0 atom stereocenters. The smallest absolute Gasteiger partial charge is 0.270 e. The maximum atomic E-state index is 12.8. The van der Waals surface area contributed by atoms with E-state index in [1.807, 2.05) is 0 Å². The fourth-order valence-corrected chi connectivity index (χ4v) is 4.02. The van der Waals surface area contributed by atoms with E-state index >= 15 is 0 Å². The van der Waals surface area contributed by atoms with Gasteiger partial charge in [-0.05, 0) is 67.4 Å². The summed E-state index contributed by atoms with van der Waals surface area (Å²) in [6.07, 6.45) is 1.37. The third kappa shape index (κ3) is 7.01. The minimum absolute atomic E-state index is 0.209. The van der Waals surface area contributed by atoms with Crippen LogP contribution < -0.4 is 14.8 Å². The van der Waals surface area contributed by atoms with Crippen LogP contribution in [0.1, 0.15) is 23.2 Å². The molecule has 0 aromatic heterocycles. The first-order valence-corrected chi connectivity index (χ1v) is 11.8. The van der Waals surface area contributed by atoms with E-state index in [1.54, 1.807) is 12.1 Å². The Morgan fingerprint density at radius 2 is 1.71 bits per heavy atom. The lowest BCUT2D eigenvalue weighted by Gasteiger charge is -2.10. The second-order valence-corrected chi connectivity index (χ2v) is 8.89. The molecule has 0 aliphatic carbocycles. The minimum Gasteiger partial charge on any atom is -0.494 e. The standard InChI is InChI=1S/C23H22FN3O6S/c24-18-8-12-21(13-9-18)33-15-2-1-14-25-23(28)17-6-10-19(11-7-17)26-34(31,32)22-5-3-4-20(16-22)27(29)30/h3-13,16,26H,1-2,14-15H2,(H,25,28). The molecule has 0 bridgehead atoms. The van der Waals surface area contributed by atoms with Crippen molar-refractivity contribution in [3.8, 4) is 5.75 Å². The monoisotopic (exact) mass is 487 g/mol. The Kier molecular flexibility index (Phi) is 8.14. The molecule has 178 valence electrons. The molecule has 3 rings (SSSR count). The normalized spacial score (nSPS) is 11.0.